The van der Waals surface area contributed by atoms with Crippen LogP contribution in [-0.4, -0.2) is 25.5 Å². The Hall–Kier alpha value is -1.76. The predicted molar refractivity (Wildman–Crippen MR) is 80.0 cm³/mol. The molecule has 1 aliphatic heterocycles. The molecule has 0 N–H and O–H groups in total. The Bertz CT molecular complexity index is 747. The zero-order valence-corrected chi connectivity index (χ0v) is 12.8. The summed E-state index contributed by atoms with van der Waals surface area (Å²) < 4.78 is 45.4. The molecule has 0 aromatic heterocycles. The molecule has 1 heterocycles. The van der Waals surface area contributed by atoms with E-state index in [-0.39, 0.29) is 17.5 Å². The van der Waals surface area contributed by atoms with E-state index in [1.807, 2.05) is 30.3 Å². The summed E-state index contributed by atoms with van der Waals surface area (Å²) in [4.78, 5) is 0.0676. The summed E-state index contributed by atoms with van der Waals surface area (Å²) in [5.74, 6) is -0.466. The monoisotopic (exact) mass is 321 g/mol. The highest BCUT2D eigenvalue weighted by Crippen LogP contribution is 2.32. The summed E-state index contributed by atoms with van der Waals surface area (Å²) in [6.45, 7) is 1.94. The highest BCUT2D eigenvalue weighted by Gasteiger charge is 2.39. The Morgan fingerprint density at radius 3 is 2.36 bits per heavy atom. The fourth-order valence-corrected chi connectivity index (χ4v) is 4.07. The first kappa shape index (κ1) is 15.1. The number of hydrogen-bond acceptors (Lipinski definition) is 3. The lowest BCUT2D eigenvalue weighted by Crippen LogP contribution is -2.34. The third kappa shape index (κ3) is 2.77. The molecule has 0 bridgehead atoms. The maximum absolute atomic E-state index is 13.0. The van der Waals surface area contributed by atoms with Crippen molar-refractivity contribution in [1.82, 2.24) is 4.31 Å². The van der Waals surface area contributed by atoms with E-state index >= 15 is 0 Å². The second-order valence-corrected chi connectivity index (χ2v) is 7.05. The van der Waals surface area contributed by atoms with Gasteiger partial charge in [0.25, 0.3) is 0 Å². The van der Waals surface area contributed by atoms with Crippen molar-refractivity contribution in [3.63, 3.8) is 0 Å². The van der Waals surface area contributed by atoms with E-state index in [9.17, 15) is 12.8 Å². The van der Waals surface area contributed by atoms with Crippen molar-refractivity contribution in [3.05, 3.63) is 66.0 Å². The minimum absolute atomic E-state index is 0.0676. The van der Waals surface area contributed by atoms with Gasteiger partial charge in [0.1, 0.15) is 12.0 Å². The van der Waals surface area contributed by atoms with Gasteiger partial charge in [-0.2, -0.15) is 4.31 Å². The van der Waals surface area contributed by atoms with Crippen LogP contribution in [0.15, 0.2) is 59.5 Å². The van der Waals surface area contributed by atoms with Crippen LogP contribution in [0.1, 0.15) is 18.6 Å². The maximum Gasteiger partial charge on any atom is 0.245 e. The number of ether oxygens (including phenoxy) is 1. The quantitative estimate of drug-likeness (QED) is 0.873. The van der Waals surface area contributed by atoms with E-state index in [0.717, 1.165) is 17.7 Å². The molecule has 0 radical (unpaired) electrons. The molecule has 2 aromatic carbocycles. The zero-order valence-electron chi connectivity index (χ0n) is 12.0. The number of halogens is 1. The second kappa shape index (κ2) is 5.79. The lowest BCUT2D eigenvalue weighted by molar-refractivity contribution is 0.0344. The Labute approximate surface area is 129 Å². The van der Waals surface area contributed by atoms with E-state index in [4.69, 9.17) is 4.74 Å². The third-order valence-electron chi connectivity index (χ3n) is 3.70. The van der Waals surface area contributed by atoms with Gasteiger partial charge in [0.15, 0.2) is 0 Å². The topological polar surface area (TPSA) is 46.6 Å². The van der Waals surface area contributed by atoms with E-state index in [0.29, 0.717) is 0 Å². The molecule has 0 amide bonds. The van der Waals surface area contributed by atoms with Gasteiger partial charge in [0, 0.05) is 6.54 Å². The first-order valence-corrected chi connectivity index (χ1v) is 8.40. The molecule has 2 atom stereocenters. The van der Waals surface area contributed by atoms with E-state index in [2.05, 4.69) is 0 Å². The molecular formula is C16H16FNO3S. The standard InChI is InChI=1S/C16H16FNO3S/c1-12-18(11-16(21-12)13-5-3-2-4-6-13)22(19,20)15-9-7-14(17)8-10-15/h2-10,12,16H,11H2,1H3. The Morgan fingerprint density at radius 2 is 1.73 bits per heavy atom. The normalized spacial score (nSPS) is 22.8. The molecule has 0 saturated carbocycles. The molecular weight excluding hydrogens is 305 g/mol. The largest absolute Gasteiger partial charge is 0.353 e. The van der Waals surface area contributed by atoms with Gasteiger partial charge in [-0.25, -0.2) is 12.8 Å². The van der Waals surface area contributed by atoms with Crippen molar-refractivity contribution in [1.29, 1.82) is 0 Å². The molecule has 0 aliphatic carbocycles. The van der Waals surface area contributed by atoms with Gasteiger partial charge < -0.3 is 4.74 Å². The molecule has 2 unspecified atom stereocenters. The van der Waals surface area contributed by atoms with Crippen LogP contribution in [0.2, 0.25) is 0 Å². The molecule has 0 spiro atoms. The molecule has 4 nitrogen and oxygen atoms in total. The number of hydrogen-bond donors (Lipinski definition) is 0. The van der Waals surface area contributed by atoms with Crippen LogP contribution in [0.25, 0.3) is 0 Å². The Balaban J connectivity index is 1.87. The smallest absolute Gasteiger partial charge is 0.245 e. The lowest BCUT2D eigenvalue weighted by atomic mass is 10.1. The highest BCUT2D eigenvalue weighted by atomic mass is 32.2. The second-order valence-electron chi connectivity index (χ2n) is 5.16. The number of nitrogens with zero attached hydrogens (tertiary/aromatic N) is 1. The Kier molecular flexibility index (Phi) is 3.99. The van der Waals surface area contributed by atoms with Gasteiger partial charge in [-0.15, -0.1) is 0 Å². The van der Waals surface area contributed by atoms with Crippen molar-refractivity contribution >= 4 is 10.0 Å². The van der Waals surface area contributed by atoms with Gasteiger partial charge in [-0.1, -0.05) is 30.3 Å². The minimum atomic E-state index is -3.70. The van der Waals surface area contributed by atoms with Crippen molar-refractivity contribution in [2.24, 2.45) is 0 Å². The fourth-order valence-electron chi connectivity index (χ4n) is 2.55. The lowest BCUT2D eigenvalue weighted by Gasteiger charge is -2.19. The third-order valence-corrected chi connectivity index (χ3v) is 5.64. The van der Waals surface area contributed by atoms with Crippen molar-refractivity contribution in [3.8, 4) is 0 Å². The van der Waals surface area contributed by atoms with Crippen molar-refractivity contribution in [2.45, 2.75) is 24.2 Å². The van der Waals surface area contributed by atoms with E-state index in [1.54, 1.807) is 6.92 Å². The van der Waals surface area contributed by atoms with Crippen molar-refractivity contribution in [2.75, 3.05) is 6.54 Å². The summed E-state index contributed by atoms with van der Waals surface area (Å²) >= 11 is 0. The molecule has 1 aliphatic rings. The van der Waals surface area contributed by atoms with Gasteiger partial charge in [0.2, 0.25) is 10.0 Å². The number of rotatable bonds is 3. The van der Waals surface area contributed by atoms with Gasteiger partial charge in [0.05, 0.1) is 11.0 Å². The summed E-state index contributed by atoms with van der Waals surface area (Å²) in [5.41, 5.74) is 0.936. The molecule has 3 rings (SSSR count). The van der Waals surface area contributed by atoms with Crippen molar-refractivity contribution < 1.29 is 17.5 Å². The fraction of sp³-hybridized carbons (Fsp3) is 0.250. The van der Waals surface area contributed by atoms with Gasteiger partial charge in [-0.3, -0.25) is 0 Å². The zero-order chi connectivity index (χ0) is 15.7. The predicted octanol–water partition coefficient (Wildman–Crippen LogP) is 2.93. The van der Waals surface area contributed by atoms with Crippen LogP contribution >= 0.6 is 0 Å². The van der Waals surface area contributed by atoms with E-state index in [1.165, 1.54) is 16.4 Å². The molecule has 1 saturated heterocycles. The first-order valence-electron chi connectivity index (χ1n) is 6.96. The Morgan fingerprint density at radius 1 is 1.09 bits per heavy atom. The minimum Gasteiger partial charge on any atom is -0.353 e. The summed E-state index contributed by atoms with van der Waals surface area (Å²) in [6.07, 6.45) is -0.869. The SMILES string of the molecule is CC1OC(c2ccccc2)CN1S(=O)(=O)c1ccc(F)cc1. The molecule has 2 aromatic rings. The van der Waals surface area contributed by atoms with Crippen LogP contribution in [0.3, 0.4) is 0 Å². The number of sulfonamides is 1. The van der Waals surface area contributed by atoms with E-state index < -0.39 is 22.1 Å². The average molecular weight is 321 g/mol. The summed E-state index contributed by atoms with van der Waals surface area (Å²) in [7, 11) is -3.70. The molecule has 116 valence electrons. The van der Waals surface area contributed by atoms with Crippen LogP contribution in [0.5, 0.6) is 0 Å². The molecule has 22 heavy (non-hydrogen) atoms. The first-order chi connectivity index (χ1) is 10.5. The maximum atomic E-state index is 13.0. The molecule has 1 fully saturated rings. The number of benzene rings is 2. The highest BCUT2D eigenvalue weighted by molar-refractivity contribution is 7.89. The van der Waals surface area contributed by atoms with Crippen LogP contribution in [0.4, 0.5) is 4.39 Å². The van der Waals surface area contributed by atoms with Gasteiger partial charge >= 0.3 is 0 Å². The average Bonchev–Trinajstić information content (AvgIpc) is 2.91. The van der Waals surface area contributed by atoms with Crippen LogP contribution < -0.4 is 0 Å². The van der Waals surface area contributed by atoms with Crippen LogP contribution in [-0.2, 0) is 14.8 Å². The molecule has 6 heteroatoms. The van der Waals surface area contributed by atoms with Gasteiger partial charge in [-0.05, 0) is 36.8 Å². The summed E-state index contributed by atoms with van der Waals surface area (Å²) in [5, 5.41) is 0. The van der Waals surface area contributed by atoms with Crippen LogP contribution in [0, 0.1) is 5.82 Å². The summed E-state index contributed by atoms with van der Waals surface area (Å²) in [6, 6.07) is 14.3.